The molecule has 2 aromatic carbocycles. The zero-order valence-electron chi connectivity index (χ0n) is 11.7. The van der Waals surface area contributed by atoms with E-state index in [9.17, 15) is 0 Å². The molecule has 0 aliphatic rings. The highest BCUT2D eigenvalue weighted by Gasteiger charge is 2.17. The first kappa shape index (κ1) is 16.3. The van der Waals surface area contributed by atoms with E-state index < -0.39 is 0 Å². The largest absolute Gasteiger partial charge is 0.493 e. The first-order chi connectivity index (χ1) is 10.1. The fraction of sp³-hybridized carbons (Fsp3) is 0.200. The molecule has 0 saturated carbocycles. The van der Waals surface area contributed by atoms with E-state index in [0.717, 1.165) is 20.1 Å². The normalized spacial score (nSPS) is 12.0. The van der Waals surface area contributed by atoms with Gasteiger partial charge in [-0.25, -0.2) is 5.43 Å². The lowest BCUT2D eigenvalue weighted by Crippen LogP contribution is -2.29. The third kappa shape index (κ3) is 3.58. The van der Waals surface area contributed by atoms with Crippen LogP contribution in [0.25, 0.3) is 0 Å². The number of nitrogens with two attached hydrogens (primary N) is 1. The van der Waals surface area contributed by atoms with Gasteiger partial charge in [0, 0.05) is 8.95 Å². The third-order valence-corrected chi connectivity index (χ3v) is 4.36. The van der Waals surface area contributed by atoms with Crippen molar-refractivity contribution in [2.45, 2.75) is 6.04 Å². The van der Waals surface area contributed by atoms with E-state index in [1.807, 2.05) is 36.4 Å². The molecule has 1 atom stereocenters. The molecule has 3 N–H and O–H groups in total. The van der Waals surface area contributed by atoms with Gasteiger partial charge in [0.25, 0.3) is 0 Å². The van der Waals surface area contributed by atoms with E-state index in [0.29, 0.717) is 11.5 Å². The topological polar surface area (TPSA) is 56.5 Å². The molecule has 2 rings (SSSR count). The minimum absolute atomic E-state index is 0.160. The van der Waals surface area contributed by atoms with Crippen LogP contribution in [0, 0.1) is 0 Å². The average molecular weight is 416 g/mol. The van der Waals surface area contributed by atoms with Gasteiger partial charge in [0.05, 0.1) is 20.3 Å². The summed E-state index contributed by atoms with van der Waals surface area (Å²) in [6.45, 7) is 0. The summed E-state index contributed by atoms with van der Waals surface area (Å²) in [7, 11) is 3.23. The summed E-state index contributed by atoms with van der Waals surface area (Å²) in [6, 6.07) is 11.6. The maximum absolute atomic E-state index is 5.75. The van der Waals surface area contributed by atoms with Crippen LogP contribution in [-0.4, -0.2) is 14.2 Å². The molecule has 6 heteroatoms. The summed E-state index contributed by atoms with van der Waals surface area (Å²) >= 11 is 7.02. The molecule has 0 saturated heterocycles. The Morgan fingerprint density at radius 1 is 1.00 bits per heavy atom. The summed E-state index contributed by atoms with van der Waals surface area (Å²) in [4.78, 5) is 0. The van der Waals surface area contributed by atoms with Crippen LogP contribution in [0.1, 0.15) is 17.2 Å². The minimum atomic E-state index is -0.160. The standard InChI is InChI=1S/C15H16Br2N2O2/c1-20-13-6-3-9(7-14(13)21-2)15(19-18)11-5-4-10(16)8-12(11)17/h3-8,15,19H,18H2,1-2H3. The van der Waals surface area contributed by atoms with Crippen LogP contribution in [0.4, 0.5) is 0 Å². The van der Waals surface area contributed by atoms with E-state index >= 15 is 0 Å². The number of rotatable bonds is 5. The molecule has 0 aromatic heterocycles. The maximum Gasteiger partial charge on any atom is 0.161 e. The molecule has 0 spiro atoms. The van der Waals surface area contributed by atoms with Gasteiger partial charge in [0.2, 0.25) is 0 Å². The second-order valence-corrected chi connectivity index (χ2v) is 6.15. The van der Waals surface area contributed by atoms with Crippen molar-refractivity contribution in [1.82, 2.24) is 5.43 Å². The van der Waals surface area contributed by atoms with Crippen LogP contribution in [0.3, 0.4) is 0 Å². The molecule has 21 heavy (non-hydrogen) atoms. The van der Waals surface area contributed by atoms with Crippen molar-refractivity contribution in [2.75, 3.05) is 14.2 Å². The molecule has 1 unspecified atom stereocenters. The molecule has 0 aliphatic carbocycles. The zero-order valence-corrected chi connectivity index (χ0v) is 14.9. The van der Waals surface area contributed by atoms with E-state index in [1.165, 1.54) is 0 Å². The first-order valence-electron chi connectivity index (χ1n) is 6.23. The van der Waals surface area contributed by atoms with Crippen LogP contribution in [0.2, 0.25) is 0 Å². The number of ether oxygens (including phenoxy) is 2. The number of hydrogen-bond acceptors (Lipinski definition) is 4. The Bertz CT molecular complexity index is 635. The van der Waals surface area contributed by atoms with Gasteiger partial charge in [-0.2, -0.15) is 0 Å². The Labute approximate surface area is 140 Å². The number of methoxy groups -OCH3 is 2. The molecule has 4 nitrogen and oxygen atoms in total. The molecular weight excluding hydrogens is 400 g/mol. The smallest absolute Gasteiger partial charge is 0.161 e. The Morgan fingerprint density at radius 2 is 1.71 bits per heavy atom. The monoisotopic (exact) mass is 414 g/mol. The van der Waals surface area contributed by atoms with Crippen LogP contribution in [0.15, 0.2) is 45.3 Å². The summed E-state index contributed by atoms with van der Waals surface area (Å²) in [6.07, 6.45) is 0. The van der Waals surface area contributed by atoms with Gasteiger partial charge < -0.3 is 9.47 Å². The maximum atomic E-state index is 5.75. The molecule has 0 amide bonds. The lowest BCUT2D eigenvalue weighted by molar-refractivity contribution is 0.354. The Hall–Kier alpha value is -1.08. The number of hydrazine groups is 1. The van der Waals surface area contributed by atoms with Gasteiger partial charge >= 0.3 is 0 Å². The molecule has 2 aromatic rings. The summed E-state index contributed by atoms with van der Waals surface area (Å²) in [5.41, 5.74) is 4.86. The van der Waals surface area contributed by atoms with E-state index in [2.05, 4.69) is 37.3 Å². The number of nitrogens with one attached hydrogen (secondary N) is 1. The van der Waals surface area contributed by atoms with Crippen LogP contribution in [0.5, 0.6) is 11.5 Å². The molecule has 0 fully saturated rings. The van der Waals surface area contributed by atoms with Gasteiger partial charge in [-0.3, -0.25) is 5.84 Å². The third-order valence-electron chi connectivity index (χ3n) is 3.18. The number of benzene rings is 2. The predicted octanol–water partition coefficient (Wildman–Crippen LogP) is 3.78. The molecular formula is C15H16Br2N2O2. The quantitative estimate of drug-likeness (QED) is 0.576. The fourth-order valence-corrected chi connectivity index (χ4v) is 3.41. The Kier molecular flexibility index (Phi) is 5.64. The van der Waals surface area contributed by atoms with E-state index in [1.54, 1.807) is 14.2 Å². The zero-order chi connectivity index (χ0) is 15.4. The lowest BCUT2D eigenvalue weighted by Gasteiger charge is -2.20. The van der Waals surface area contributed by atoms with Crippen molar-refractivity contribution < 1.29 is 9.47 Å². The molecule has 112 valence electrons. The Balaban J connectivity index is 2.46. The van der Waals surface area contributed by atoms with Crippen molar-refractivity contribution in [3.63, 3.8) is 0 Å². The van der Waals surface area contributed by atoms with Crippen LogP contribution < -0.4 is 20.7 Å². The highest BCUT2D eigenvalue weighted by atomic mass is 79.9. The molecule has 0 bridgehead atoms. The van der Waals surface area contributed by atoms with Crippen molar-refractivity contribution in [1.29, 1.82) is 0 Å². The van der Waals surface area contributed by atoms with Gasteiger partial charge in [0.1, 0.15) is 0 Å². The average Bonchev–Trinajstić information content (AvgIpc) is 2.49. The predicted molar refractivity (Wildman–Crippen MR) is 90.6 cm³/mol. The first-order valence-corrected chi connectivity index (χ1v) is 7.82. The van der Waals surface area contributed by atoms with Gasteiger partial charge in [0.15, 0.2) is 11.5 Å². The van der Waals surface area contributed by atoms with E-state index in [4.69, 9.17) is 15.3 Å². The van der Waals surface area contributed by atoms with Gasteiger partial charge in [-0.15, -0.1) is 0 Å². The molecule has 0 heterocycles. The summed E-state index contributed by atoms with van der Waals surface area (Å²) in [5.74, 6) is 7.11. The highest BCUT2D eigenvalue weighted by molar-refractivity contribution is 9.11. The van der Waals surface area contributed by atoms with Gasteiger partial charge in [-0.05, 0) is 35.4 Å². The van der Waals surface area contributed by atoms with E-state index in [-0.39, 0.29) is 6.04 Å². The van der Waals surface area contributed by atoms with Crippen molar-refractivity contribution in [3.8, 4) is 11.5 Å². The highest BCUT2D eigenvalue weighted by Crippen LogP contribution is 2.35. The number of hydrogen-bond donors (Lipinski definition) is 2. The summed E-state index contributed by atoms with van der Waals surface area (Å²) < 4.78 is 12.6. The Morgan fingerprint density at radius 3 is 2.29 bits per heavy atom. The molecule has 0 radical (unpaired) electrons. The van der Waals surface area contributed by atoms with Gasteiger partial charge in [-0.1, -0.05) is 44.0 Å². The van der Waals surface area contributed by atoms with Crippen LogP contribution >= 0.6 is 31.9 Å². The molecule has 0 aliphatic heterocycles. The van der Waals surface area contributed by atoms with Crippen molar-refractivity contribution >= 4 is 31.9 Å². The second kappa shape index (κ2) is 7.26. The minimum Gasteiger partial charge on any atom is -0.493 e. The van der Waals surface area contributed by atoms with Crippen molar-refractivity contribution in [2.24, 2.45) is 5.84 Å². The van der Waals surface area contributed by atoms with Crippen molar-refractivity contribution in [3.05, 3.63) is 56.5 Å². The second-order valence-electron chi connectivity index (χ2n) is 4.38. The fourth-order valence-electron chi connectivity index (χ4n) is 2.13. The van der Waals surface area contributed by atoms with Crippen LogP contribution in [-0.2, 0) is 0 Å². The lowest BCUT2D eigenvalue weighted by atomic mass is 9.99. The number of halogens is 2. The SMILES string of the molecule is COc1ccc(C(NN)c2ccc(Br)cc2Br)cc1OC. The summed E-state index contributed by atoms with van der Waals surface area (Å²) in [5, 5.41) is 0.